The maximum absolute atomic E-state index is 11.9. The Bertz CT molecular complexity index is 586. The molecule has 0 fully saturated rings. The van der Waals surface area contributed by atoms with Gasteiger partial charge < -0.3 is 15.4 Å². The van der Waals surface area contributed by atoms with Gasteiger partial charge >= 0.3 is 0 Å². The molecule has 0 saturated heterocycles. The summed E-state index contributed by atoms with van der Waals surface area (Å²) in [6.45, 7) is 0.725. The van der Waals surface area contributed by atoms with Gasteiger partial charge in [0.05, 0.1) is 18.0 Å². The van der Waals surface area contributed by atoms with Gasteiger partial charge in [-0.3, -0.25) is 4.79 Å². The fourth-order valence-corrected chi connectivity index (χ4v) is 2.59. The summed E-state index contributed by atoms with van der Waals surface area (Å²) >= 11 is 0. The monoisotopic (exact) mass is 298 g/mol. The first-order valence-electron chi connectivity index (χ1n) is 6.41. The van der Waals surface area contributed by atoms with Crippen molar-refractivity contribution in [3.05, 3.63) is 24.3 Å². The molecule has 0 aromatic heterocycles. The summed E-state index contributed by atoms with van der Waals surface area (Å²) in [6, 6.07) is 7.41. The molecule has 2 rings (SSSR count). The van der Waals surface area contributed by atoms with Crippen molar-refractivity contribution in [2.45, 2.75) is 12.5 Å². The summed E-state index contributed by atoms with van der Waals surface area (Å²) in [4.78, 5) is 11.9. The molecule has 1 unspecified atom stereocenters. The summed E-state index contributed by atoms with van der Waals surface area (Å²) in [5, 5.41) is 5.81. The number of carbonyl (C=O) groups is 1. The minimum Gasteiger partial charge on any atom is -0.477 e. The molecule has 0 aliphatic carbocycles. The molecule has 6 nitrogen and oxygen atoms in total. The van der Waals surface area contributed by atoms with Gasteiger partial charge in [-0.05, 0) is 18.6 Å². The van der Waals surface area contributed by atoms with Gasteiger partial charge in [0.2, 0.25) is 0 Å². The fraction of sp³-hybridized carbons (Fsp3) is 0.462. The summed E-state index contributed by atoms with van der Waals surface area (Å²) in [7, 11) is -2.98. The lowest BCUT2D eigenvalue weighted by Crippen LogP contribution is -2.45. The van der Waals surface area contributed by atoms with Crippen LogP contribution in [0.25, 0.3) is 0 Å². The van der Waals surface area contributed by atoms with Crippen LogP contribution < -0.4 is 15.4 Å². The number of hydrogen-bond donors (Lipinski definition) is 2. The van der Waals surface area contributed by atoms with E-state index in [-0.39, 0.29) is 11.7 Å². The molecule has 1 aliphatic heterocycles. The molecule has 20 heavy (non-hydrogen) atoms. The lowest BCUT2D eigenvalue weighted by Gasteiger charge is -2.26. The van der Waals surface area contributed by atoms with Crippen LogP contribution in [-0.2, 0) is 14.6 Å². The zero-order valence-electron chi connectivity index (χ0n) is 11.3. The molecule has 1 aliphatic rings. The Labute approximate surface area is 118 Å². The molecule has 1 heterocycles. The molecular formula is C13H18N2O4S. The van der Waals surface area contributed by atoms with Gasteiger partial charge in [0, 0.05) is 12.8 Å². The third-order valence-electron chi connectivity index (χ3n) is 2.92. The lowest BCUT2D eigenvalue weighted by molar-refractivity contribution is -0.127. The number of nitrogens with one attached hydrogen (secondary N) is 2. The fourth-order valence-electron chi connectivity index (χ4n) is 1.92. The van der Waals surface area contributed by atoms with Crippen LogP contribution in [0.1, 0.15) is 6.42 Å². The highest BCUT2D eigenvalue weighted by molar-refractivity contribution is 7.90. The summed E-state index contributed by atoms with van der Waals surface area (Å²) in [5.74, 6) is 0.482. The van der Waals surface area contributed by atoms with E-state index in [1.807, 2.05) is 18.2 Å². The number of para-hydroxylation sites is 2. The maximum atomic E-state index is 11.9. The standard InChI is InChI=1S/C13H18N2O4S/c1-20(17,18)8-4-7-14-13(16)12-9-15-10-5-2-3-6-11(10)19-12/h2-3,5-6,12,15H,4,7-9H2,1H3,(H,14,16). The Morgan fingerprint density at radius 2 is 2.20 bits per heavy atom. The second-order valence-electron chi connectivity index (χ2n) is 4.76. The van der Waals surface area contributed by atoms with Gasteiger partial charge in [-0.15, -0.1) is 0 Å². The van der Waals surface area contributed by atoms with Gasteiger partial charge in [0.1, 0.15) is 15.6 Å². The van der Waals surface area contributed by atoms with Crippen molar-refractivity contribution in [1.82, 2.24) is 5.32 Å². The molecule has 0 spiro atoms. The topological polar surface area (TPSA) is 84.5 Å². The van der Waals surface area contributed by atoms with Crippen molar-refractivity contribution >= 4 is 21.4 Å². The normalized spacial score (nSPS) is 17.6. The van der Waals surface area contributed by atoms with Gasteiger partial charge in [0.25, 0.3) is 5.91 Å². The summed E-state index contributed by atoms with van der Waals surface area (Å²) < 4.78 is 27.5. The Morgan fingerprint density at radius 1 is 1.45 bits per heavy atom. The Balaban J connectivity index is 1.80. The molecule has 7 heteroatoms. The molecular weight excluding hydrogens is 280 g/mol. The predicted octanol–water partition coefficient (Wildman–Crippen LogP) is 0.410. The minimum atomic E-state index is -2.98. The van der Waals surface area contributed by atoms with E-state index >= 15 is 0 Å². The van der Waals surface area contributed by atoms with E-state index in [1.54, 1.807) is 6.07 Å². The SMILES string of the molecule is CS(=O)(=O)CCCNC(=O)C1CNc2ccccc2O1. The van der Waals surface area contributed by atoms with Crippen LogP contribution in [0.4, 0.5) is 5.69 Å². The van der Waals surface area contributed by atoms with Crippen molar-refractivity contribution < 1.29 is 17.9 Å². The first-order valence-corrected chi connectivity index (χ1v) is 8.47. The molecule has 0 saturated carbocycles. The Hall–Kier alpha value is -1.76. The number of sulfone groups is 1. The largest absolute Gasteiger partial charge is 0.477 e. The average Bonchev–Trinajstić information content (AvgIpc) is 2.42. The highest BCUT2D eigenvalue weighted by Gasteiger charge is 2.25. The first kappa shape index (κ1) is 14.6. The van der Waals surface area contributed by atoms with Crippen molar-refractivity contribution in [2.24, 2.45) is 0 Å². The predicted molar refractivity (Wildman–Crippen MR) is 76.7 cm³/mol. The van der Waals surface area contributed by atoms with Crippen LogP contribution in [0, 0.1) is 0 Å². The van der Waals surface area contributed by atoms with E-state index in [9.17, 15) is 13.2 Å². The van der Waals surface area contributed by atoms with Crippen LogP contribution in [0.2, 0.25) is 0 Å². The molecule has 1 amide bonds. The van der Waals surface area contributed by atoms with E-state index in [0.717, 1.165) is 5.69 Å². The van der Waals surface area contributed by atoms with Crippen LogP contribution in [0.5, 0.6) is 5.75 Å². The van der Waals surface area contributed by atoms with E-state index in [4.69, 9.17) is 4.74 Å². The van der Waals surface area contributed by atoms with Crippen molar-refractivity contribution in [3.8, 4) is 5.75 Å². The van der Waals surface area contributed by atoms with Gasteiger partial charge in [-0.1, -0.05) is 12.1 Å². The van der Waals surface area contributed by atoms with E-state index in [2.05, 4.69) is 10.6 Å². The highest BCUT2D eigenvalue weighted by atomic mass is 32.2. The average molecular weight is 298 g/mol. The van der Waals surface area contributed by atoms with E-state index < -0.39 is 15.9 Å². The van der Waals surface area contributed by atoms with E-state index in [0.29, 0.717) is 25.3 Å². The maximum Gasteiger partial charge on any atom is 0.262 e. The number of benzene rings is 1. The second kappa shape index (κ2) is 6.13. The highest BCUT2D eigenvalue weighted by Crippen LogP contribution is 2.28. The van der Waals surface area contributed by atoms with Crippen molar-refractivity contribution in [3.63, 3.8) is 0 Å². The second-order valence-corrected chi connectivity index (χ2v) is 7.02. The van der Waals surface area contributed by atoms with E-state index in [1.165, 1.54) is 6.26 Å². The zero-order chi connectivity index (χ0) is 14.6. The molecule has 0 radical (unpaired) electrons. The number of hydrogen-bond acceptors (Lipinski definition) is 5. The lowest BCUT2D eigenvalue weighted by atomic mass is 10.2. The molecule has 0 bridgehead atoms. The number of rotatable bonds is 5. The minimum absolute atomic E-state index is 0.0693. The molecule has 2 N–H and O–H groups in total. The zero-order valence-corrected chi connectivity index (χ0v) is 12.1. The Kier molecular flexibility index (Phi) is 4.49. The number of anilines is 1. The summed E-state index contributed by atoms with van der Waals surface area (Å²) in [6.07, 6.45) is 0.990. The van der Waals surface area contributed by atoms with Crippen LogP contribution in [-0.4, -0.2) is 45.5 Å². The van der Waals surface area contributed by atoms with Crippen molar-refractivity contribution in [1.29, 1.82) is 0 Å². The molecule has 1 atom stereocenters. The van der Waals surface area contributed by atoms with Gasteiger partial charge in [0.15, 0.2) is 6.10 Å². The van der Waals surface area contributed by atoms with Crippen LogP contribution in [0.3, 0.4) is 0 Å². The number of ether oxygens (including phenoxy) is 1. The summed E-state index contributed by atoms with van der Waals surface area (Å²) in [5.41, 5.74) is 0.869. The Morgan fingerprint density at radius 3 is 2.95 bits per heavy atom. The third-order valence-corrected chi connectivity index (χ3v) is 3.95. The molecule has 1 aromatic carbocycles. The van der Waals surface area contributed by atoms with Crippen molar-refractivity contribution in [2.75, 3.05) is 30.4 Å². The molecule has 110 valence electrons. The first-order chi connectivity index (χ1) is 9.46. The van der Waals surface area contributed by atoms with Gasteiger partial charge in [-0.2, -0.15) is 0 Å². The smallest absolute Gasteiger partial charge is 0.262 e. The number of amides is 1. The van der Waals surface area contributed by atoms with Crippen LogP contribution in [0.15, 0.2) is 24.3 Å². The van der Waals surface area contributed by atoms with Crippen LogP contribution >= 0.6 is 0 Å². The quantitative estimate of drug-likeness (QED) is 0.769. The third kappa shape index (κ3) is 4.12. The number of carbonyl (C=O) groups excluding carboxylic acids is 1. The molecule has 1 aromatic rings. The van der Waals surface area contributed by atoms with Gasteiger partial charge in [-0.25, -0.2) is 8.42 Å². The number of fused-ring (bicyclic) bond motifs is 1.